The summed E-state index contributed by atoms with van der Waals surface area (Å²) in [6.45, 7) is 4.31. The van der Waals surface area contributed by atoms with Crippen LogP contribution in [0.25, 0.3) is 0 Å². The van der Waals surface area contributed by atoms with E-state index in [2.05, 4.69) is 28.9 Å². The molecule has 3 unspecified atom stereocenters. The number of ether oxygens (including phenoxy) is 1. The van der Waals surface area contributed by atoms with E-state index in [-0.39, 0.29) is 6.04 Å². The molecule has 0 heterocycles. The van der Waals surface area contributed by atoms with Crippen molar-refractivity contribution in [2.75, 3.05) is 0 Å². The van der Waals surface area contributed by atoms with E-state index in [0.29, 0.717) is 6.10 Å². The Bertz CT molecular complexity index is 405. The van der Waals surface area contributed by atoms with Crippen LogP contribution in [-0.4, -0.2) is 6.10 Å². The van der Waals surface area contributed by atoms with Crippen LogP contribution in [-0.2, 0) is 0 Å². The fourth-order valence-electron chi connectivity index (χ4n) is 2.65. The Kier molecular flexibility index (Phi) is 4.68. The first kappa shape index (κ1) is 13.9. The molecule has 0 saturated heterocycles. The van der Waals surface area contributed by atoms with Gasteiger partial charge in [-0.25, -0.2) is 0 Å². The summed E-state index contributed by atoms with van der Waals surface area (Å²) in [5.41, 5.74) is 7.10. The number of benzene rings is 1. The SMILES string of the molecule is CC1CCCC(Oc2cc(Br)ccc2C(C)N)C1. The molecule has 1 aliphatic carbocycles. The summed E-state index contributed by atoms with van der Waals surface area (Å²) >= 11 is 3.50. The minimum atomic E-state index is 0.00844. The Morgan fingerprint density at radius 3 is 2.83 bits per heavy atom. The summed E-state index contributed by atoms with van der Waals surface area (Å²) in [5.74, 6) is 1.72. The maximum atomic E-state index is 6.19. The fourth-order valence-corrected chi connectivity index (χ4v) is 2.99. The van der Waals surface area contributed by atoms with Crippen molar-refractivity contribution in [1.29, 1.82) is 0 Å². The van der Waals surface area contributed by atoms with Gasteiger partial charge in [0, 0.05) is 16.1 Å². The van der Waals surface area contributed by atoms with Gasteiger partial charge in [-0.2, -0.15) is 0 Å². The lowest BCUT2D eigenvalue weighted by atomic mass is 9.88. The lowest BCUT2D eigenvalue weighted by molar-refractivity contribution is 0.127. The van der Waals surface area contributed by atoms with E-state index < -0.39 is 0 Å². The van der Waals surface area contributed by atoms with Gasteiger partial charge in [0.1, 0.15) is 5.75 Å². The molecule has 3 heteroatoms. The molecule has 100 valence electrons. The molecule has 1 aromatic rings. The average molecular weight is 312 g/mol. The van der Waals surface area contributed by atoms with E-state index >= 15 is 0 Å². The van der Waals surface area contributed by atoms with E-state index in [4.69, 9.17) is 10.5 Å². The first-order valence-electron chi connectivity index (χ1n) is 6.78. The van der Waals surface area contributed by atoms with E-state index in [1.807, 2.05) is 19.1 Å². The minimum absolute atomic E-state index is 0.00844. The third-order valence-electron chi connectivity index (χ3n) is 3.65. The molecule has 0 spiro atoms. The molecular weight excluding hydrogens is 290 g/mol. The monoisotopic (exact) mass is 311 g/mol. The predicted molar refractivity (Wildman–Crippen MR) is 78.8 cm³/mol. The Morgan fingerprint density at radius 1 is 1.39 bits per heavy atom. The Labute approximate surface area is 118 Å². The van der Waals surface area contributed by atoms with Crippen molar-refractivity contribution >= 4 is 15.9 Å². The van der Waals surface area contributed by atoms with Gasteiger partial charge < -0.3 is 10.5 Å². The van der Waals surface area contributed by atoms with Gasteiger partial charge in [0.15, 0.2) is 0 Å². The topological polar surface area (TPSA) is 35.2 Å². The lowest BCUT2D eigenvalue weighted by Crippen LogP contribution is -2.25. The van der Waals surface area contributed by atoms with Crippen molar-refractivity contribution < 1.29 is 4.74 Å². The predicted octanol–water partition coefficient (Wildman–Crippen LogP) is 4.43. The van der Waals surface area contributed by atoms with Crippen LogP contribution in [0.4, 0.5) is 0 Å². The summed E-state index contributed by atoms with van der Waals surface area (Å²) in [6.07, 6.45) is 5.27. The van der Waals surface area contributed by atoms with Gasteiger partial charge >= 0.3 is 0 Å². The molecule has 2 rings (SSSR count). The third-order valence-corrected chi connectivity index (χ3v) is 4.14. The van der Waals surface area contributed by atoms with Crippen LogP contribution in [0.3, 0.4) is 0 Å². The van der Waals surface area contributed by atoms with Gasteiger partial charge in [0.2, 0.25) is 0 Å². The number of halogens is 1. The summed E-state index contributed by atoms with van der Waals surface area (Å²) < 4.78 is 7.24. The molecule has 0 aliphatic heterocycles. The highest BCUT2D eigenvalue weighted by molar-refractivity contribution is 9.10. The highest BCUT2D eigenvalue weighted by Gasteiger charge is 2.21. The molecule has 0 bridgehead atoms. The first-order chi connectivity index (χ1) is 8.56. The smallest absolute Gasteiger partial charge is 0.125 e. The minimum Gasteiger partial charge on any atom is -0.490 e. The summed E-state index contributed by atoms with van der Waals surface area (Å²) in [6, 6.07) is 6.12. The molecule has 0 aromatic heterocycles. The first-order valence-corrected chi connectivity index (χ1v) is 7.57. The molecule has 1 fully saturated rings. The molecule has 2 N–H and O–H groups in total. The molecule has 2 nitrogen and oxygen atoms in total. The molecule has 18 heavy (non-hydrogen) atoms. The third kappa shape index (κ3) is 3.48. The van der Waals surface area contributed by atoms with Crippen LogP contribution in [0.15, 0.2) is 22.7 Å². The normalized spacial score (nSPS) is 25.8. The maximum Gasteiger partial charge on any atom is 0.125 e. The number of rotatable bonds is 3. The number of hydrogen-bond acceptors (Lipinski definition) is 2. The van der Waals surface area contributed by atoms with Crippen molar-refractivity contribution in [3.63, 3.8) is 0 Å². The molecule has 3 atom stereocenters. The Balaban J connectivity index is 2.14. The van der Waals surface area contributed by atoms with Crippen molar-refractivity contribution in [1.82, 2.24) is 0 Å². The second kappa shape index (κ2) is 6.07. The lowest BCUT2D eigenvalue weighted by Gasteiger charge is -2.28. The van der Waals surface area contributed by atoms with Gasteiger partial charge in [-0.3, -0.25) is 0 Å². The largest absolute Gasteiger partial charge is 0.490 e. The number of hydrogen-bond donors (Lipinski definition) is 1. The number of nitrogens with two attached hydrogens (primary N) is 1. The average Bonchev–Trinajstić information content (AvgIpc) is 2.28. The maximum absolute atomic E-state index is 6.19. The van der Waals surface area contributed by atoms with Gasteiger partial charge in [0.25, 0.3) is 0 Å². The summed E-state index contributed by atoms with van der Waals surface area (Å²) in [7, 11) is 0. The zero-order valence-electron chi connectivity index (χ0n) is 11.2. The van der Waals surface area contributed by atoms with Gasteiger partial charge in [-0.05, 0) is 44.2 Å². The quantitative estimate of drug-likeness (QED) is 0.896. The van der Waals surface area contributed by atoms with Gasteiger partial charge in [-0.15, -0.1) is 0 Å². The molecule has 1 aromatic carbocycles. The molecule has 1 aliphatic rings. The van der Waals surface area contributed by atoms with Crippen molar-refractivity contribution in [3.8, 4) is 5.75 Å². The molecule has 0 amide bonds. The van der Waals surface area contributed by atoms with Crippen LogP contribution >= 0.6 is 15.9 Å². The van der Waals surface area contributed by atoms with Crippen molar-refractivity contribution in [2.45, 2.75) is 51.7 Å². The Morgan fingerprint density at radius 2 is 2.17 bits per heavy atom. The van der Waals surface area contributed by atoms with E-state index in [9.17, 15) is 0 Å². The van der Waals surface area contributed by atoms with Crippen LogP contribution in [0.2, 0.25) is 0 Å². The van der Waals surface area contributed by atoms with E-state index in [0.717, 1.165) is 34.5 Å². The highest BCUT2D eigenvalue weighted by atomic mass is 79.9. The Hall–Kier alpha value is -0.540. The van der Waals surface area contributed by atoms with Crippen LogP contribution in [0.1, 0.15) is 51.1 Å². The van der Waals surface area contributed by atoms with Crippen LogP contribution in [0.5, 0.6) is 5.75 Å². The molecule has 1 saturated carbocycles. The zero-order valence-corrected chi connectivity index (χ0v) is 12.7. The second-order valence-electron chi connectivity index (χ2n) is 5.48. The van der Waals surface area contributed by atoms with Crippen LogP contribution < -0.4 is 10.5 Å². The summed E-state index contributed by atoms with van der Waals surface area (Å²) in [5, 5.41) is 0. The standard InChI is InChI=1S/C15H22BrNO/c1-10-4-3-5-13(8-10)18-15-9-12(16)6-7-14(15)11(2)17/h6-7,9-11,13H,3-5,8,17H2,1-2H3. The summed E-state index contributed by atoms with van der Waals surface area (Å²) in [4.78, 5) is 0. The second-order valence-corrected chi connectivity index (χ2v) is 6.40. The highest BCUT2D eigenvalue weighted by Crippen LogP contribution is 2.32. The van der Waals surface area contributed by atoms with Gasteiger partial charge in [-0.1, -0.05) is 35.3 Å². The molecular formula is C15H22BrNO. The van der Waals surface area contributed by atoms with Crippen LogP contribution in [0, 0.1) is 5.92 Å². The van der Waals surface area contributed by atoms with Crippen molar-refractivity contribution in [2.24, 2.45) is 11.7 Å². The molecule has 0 radical (unpaired) electrons. The van der Waals surface area contributed by atoms with Gasteiger partial charge in [0.05, 0.1) is 6.10 Å². The van der Waals surface area contributed by atoms with E-state index in [1.165, 1.54) is 12.8 Å². The van der Waals surface area contributed by atoms with E-state index in [1.54, 1.807) is 0 Å². The zero-order chi connectivity index (χ0) is 13.1. The fraction of sp³-hybridized carbons (Fsp3) is 0.600. The van der Waals surface area contributed by atoms with Crippen molar-refractivity contribution in [3.05, 3.63) is 28.2 Å².